The molecule has 312 valence electrons. The molecule has 1 fully saturated rings. The van der Waals surface area contributed by atoms with Crippen molar-refractivity contribution in [2.45, 2.75) is 91.8 Å². The number of ether oxygens (including phenoxy) is 2. The molecule has 1 saturated heterocycles. The highest BCUT2D eigenvalue weighted by Gasteiger charge is 2.30. The van der Waals surface area contributed by atoms with E-state index in [0.29, 0.717) is 61.3 Å². The molecule has 0 radical (unpaired) electrons. The zero-order chi connectivity index (χ0) is 41.7. The lowest BCUT2D eigenvalue weighted by molar-refractivity contribution is -0.132. The van der Waals surface area contributed by atoms with Crippen molar-refractivity contribution in [2.24, 2.45) is 10.4 Å². The van der Waals surface area contributed by atoms with E-state index in [9.17, 15) is 14.7 Å². The molecule has 1 aromatic heterocycles. The van der Waals surface area contributed by atoms with E-state index in [-0.39, 0.29) is 0 Å². The van der Waals surface area contributed by atoms with Crippen molar-refractivity contribution >= 4 is 46.0 Å². The third-order valence-electron chi connectivity index (χ3n) is 11.4. The van der Waals surface area contributed by atoms with Gasteiger partial charge < -0.3 is 28.6 Å². The maximum absolute atomic E-state index is 13.3. The standard InChI is InChI=1S/C48H58ClN5O5/c1-47(2,3)59-46(57)50-45-53(23-10-28-58-40-14-9-12-36(30-40)44(55)56)42-15-6-7-16-43(42)54(45)32-34-11-8-13-39(29-34)52-26-24-51(25-27-52)33-37-31-48(4,5)22-21-41(37)35-17-19-38(49)20-18-35/h6-8,11,13-20,29-30H,9-10,12,21-28,31-33H2,1-5H3,(H,55,56). The summed E-state index contributed by atoms with van der Waals surface area (Å²) in [5, 5.41) is 10.2. The predicted octanol–water partition coefficient (Wildman–Crippen LogP) is 9.86. The largest absolute Gasteiger partial charge is 0.494 e. The Balaban J connectivity index is 1.09. The average molecular weight is 820 g/mol. The van der Waals surface area contributed by atoms with E-state index < -0.39 is 17.7 Å². The summed E-state index contributed by atoms with van der Waals surface area (Å²) in [6, 6.07) is 25.2. The number of carboxylic acid groups (broad SMARTS) is 1. The zero-order valence-electron chi connectivity index (χ0n) is 35.2. The lowest BCUT2D eigenvalue weighted by atomic mass is 9.73. The second-order valence-electron chi connectivity index (χ2n) is 17.8. The number of imidazole rings is 1. The average Bonchev–Trinajstić information content (AvgIpc) is 3.47. The minimum Gasteiger partial charge on any atom is -0.494 e. The lowest BCUT2D eigenvalue weighted by Gasteiger charge is -2.39. The number of allylic oxidation sites excluding steroid dienone is 3. The number of amides is 1. The Morgan fingerprint density at radius 1 is 0.898 bits per heavy atom. The number of aryl methyl sites for hydroxylation is 1. The van der Waals surface area contributed by atoms with Crippen LogP contribution in [-0.4, -0.2) is 76.1 Å². The molecular formula is C48H58ClN5O5. The highest BCUT2D eigenvalue weighted by Crippen LogP contribution is 2.43. The van der Waals surface area contributed by atoms with Gasteiger partial charge in [-0.05, 0) is 130 Å². The smallest absolute Gasteiger partial charge is 0.437 e. The molecule has 3 aromatic carbocycles. The van der Waals surface area contributed by atoms with Crippen LogP contribution in [0, 0.1) is 5.41 Å². The number of aromatic nitrogens is 2. The van der Waals surface area contributed by atoms with Gasteiger partial charge in [0.05, 0.1) is 24.2 Å². The Morgan fingerprint density at radius 3 is 2.34 bits per heavy atom. The predicted molar refractivity (Wildman–Crippen MR) is 236 cm³/mol. The highest BCUT2D eigenvalue weighted by molar-refractivity contribution is 6.30. The van der Waals surface area contributed by atoms with E-state index >= 15 is 0 Å². The lowest BCUT2D eigenvalue weighted by Crippen LogP contribution is -2.47. The number of nitrogens with zero attached hydrogens (tertiary/aromatic N) is 5. The first-order valence-electron chi connectivity index (χ1n) is 21.0. The minimum atomic E-state index is -0.916. The molecule has 10 nitrogen and oxygen atoms in total. The number of carbonyl (C=O) groups excluding carboxylic acids is 1. The summed E-state index contributed by atoms with van der Waals surface area (Å²) in [5.74, 6) is -0.337. The number of carbonyl (C=O) groups is 2. The van der Waals surface area contributed by atoms with Crippen molar-refractivity contribution in [2.75, 3.05) is 44.2 Å². The number of rotatable bonds is 12. The molecule has 1 amide bonds. The number of para-hydroxylation sites is 2. The maximum Gasteiger partial charge on any atom is 0.437 e. The van der Waals surface area contributed by atoms with Gasteiger partial charge >= 0.3 is 12.1 Å². The second-order valence-corrected chi connectivity index (χ2v) is 18.2. The van der Waals surface area contributed by atoms with E-state index in [1.54, 1.807) is 11.6 Å². The molecular weight excluding hydrogens is 762 g/mol. The van der Waals surface area contributed by atoms with Crippen molar-refractivity contribution in [3.63, 3.8) is 0 Å². The number of benzene rings is 3. The Morgan fingerprint density at radius 2 is 1.63 bits per heavy atom. The molecule has 59 heavy (non-hydrogen) atoms. The van der Waals surface area contributed by atoms with Crippen LogP contribution in [0.2, 0.25) is 5.02 Å². The number of piperazine rings is 1. The molecule has 4 aromatic rings. The summed E-state index contributed by atoms with van der Waals surface area (Å²) < 4.78 is 15.8. The molecule has 0 saturated carbocycles. The first kappa shape index (κ1) is 42.1. The van der Waals surface area contributed by atoms with Gasteiger partial charge in [0.2, 0.25) is 5.62 Å². The van der Waals surface area contributed by atoms with Crippen LogP contribution < -0.4 is 10.5 Å². The second kappa shape index (κ2) is 18.1. The third-order valence-corrected chi connectivity index (χ3v) is 11.7. The van der Waals surface area contributed by atoms with Gasteiger partial charge in [0.15, 0.2) is 0 Å². The molecule has 3 aliphatic rings. The Hall–Kier alpha value is -5.06. The zero-order valence-corrected chi connectivity index (χ0v) is 35.9. The summed E-state index contributed by atoms with van der Waals surface area (Å²) in [4.78, 5) is 34.5. The third kappa shape index (κ3) is 10.8. The molecule has 2 heterocycles. The Bertz CT molecular complexity index is 2330. The normalized spacial score (nSPS) is 17.9. The monoisotopic (exact) mass is 819 g/mol. The van der Waals surface area contributed by atoms with Crippen molar-refractivity contribution < 1.29 is 24.2 Å². The van der Waals surface area contributed by atoms with E-state index in [2.05, 4.69) is 80.2 Å². The van der Waals surface area contributed by atoms with Crippen LogP contribution in [-0.2, 0) is 27.4 Å². The van der Waals surface area contributed by atoms with Crippen LogP contribution in [0.1, 0.15) is 84.3 Å². The summed E-state index contributed by atoms with van der Waals surface area (Å²) >= 11 is 6.25. The fraction of sp³-hybridized carbons (Fsp3) is 0.438. The van der Waals surface area contributed by atoms with Gasteiger partial charge in [-0.15, -0.1) is 4.99 Å². The van der Waals surface area contributed by atoms with Crippen LogP contribution in [0.4, 0.5) is 10.5 Å². The van der Waals surface area contributed by atoms with Crippen LogP contribution >= 0.6 is 11.6 Å². The molecule has 1 N–H and O–H groups in total. The van der Waals surface area contributed by atoms with Crippen molar-refractivity contribution in [1.82, 2.24) is 14.0 Å². The Kier molecular flexibility index (Phi) is 12.9. The first-order valence-corrected chi connectivity index (χ1v) is 21.3. The quantitative estimate of drug-likeness (QED) is 0.142. The van der Waals surface area contributed by atoms with Gasteiger partial charge in [-0.2, -0.15) is 0 Å². The van der Waals surface area contributed by atoms with Gasteiger partial charge in [0.25, 0.3) is 0 Å². The number of fused-ring (bicyclic) bond motifs is 1. The van der Waals surface area contributed by atoms with Crippen LogP contribution in [0.25, 0.3) is 16.6 Å². The molecule has 0 bridgehead atoms. The molecule has 1 aliphatic heterocycles. The summed E-state index contributed by atoms with van der Waals surface area (Å²) in [5.41, 5.74) is 9.00. The van der Waals surface area contributed by atoms with E-state index in [1.807, 2.05) is 57.2 Å². The van der Waals surface area contributed by atoms with Gasteiger partial charge in [0, 0.05) is 55.6 Å². The molecule has 0 spiro atoms. The number of aliphatic carboxylic acids is 1. The summed E-state index contributed by atoms with van der Waals surface area (Å²) in [7, 11) is 0. The Labute approximate surface area is 353 Å². The number of halogens is 1. The highest BCUT2D eigenvalue weighted by atomic mass is 35.5. The minimum absolute atomic E-state index is 0.298. The number of hydrogen-bond acceptors (Lipinski definition) is 6. The summed E-state index contributed by atoms with van der Waals surface area (Å²) in [6.07, 6.45) is 8.04. The van der Waals surface area contributed by atoms with Gasteiger partial charge in [0.1, 0.15) is 11.4 Å². The van der Waals surface area contributed by atoms with E-state index in [0.717, 1.165) is 67.2 Å². The van der Waals surface area contributed by atoms with Crippen LogP contribution in [0.5, 0.6) is 0 Å². The van der Waals surface area contributed by atoms with Gasteiger partial charge in [-0.1, -0.05) is 67.4 Å². The fourth-order valence-corrected chi connectivity index (χ4v) is 8.66. The number of hydrogen-bond donors (Lipinski definition) is 1. The molecule has 11 heteroatoms. The fourth-order valence-electron chi connectivity index (χ4n) is 8.53. The topological polar surface area (TPSA) is 102 Å². The van der Waals surface area contributed by atoms with Gasteiger partial charge in [-0.25, -0.2) is 9.59 Å². The van der Waals surface area contributed by atoms with E-state index in [4.69, 9.17) is 21.1 Å². The molecule has 7 rings (SSSR count). The van der Waals surface area contributed by atoms with E-state index in [1.165, 1.54) is 23.2 Å². The van der Waals surface area contributed by atoms with Crippen LogP contribution in [0.15, 0.2) is 107 Å². The number of anilines is 1. The molecule has 0 atom stereocenters. The number of carboxylic acids is 1. The first-order chi connectivity index (χ1) is 28.2. The van der Waals surface area contributed by atoms with Crippen molar-refractivity contribution in [1.29, 1.82) is 0 Å². The SMILES string of the molecule is CC1(C)CCC(c2ccc(Cl)cc2)=C(CN2CCN(c3cccc(Cn4c(=NC(=O)OC(C)(C)C)n(CCCOC5=CCCC(C(=O)O)=C5)c5ccccc54)c3)CC2)C1. The molecule has 2 aliphatic carbocycles. The van der Waals surface area contributed by atoms with Gasteiger partial charge in [-0.3, -0.25) is 4.90 Å². The molecule has 0 unspecified atom stereocenters. The summed E-state index contributed by atoms with van der Waals surface area (Å²) in [6.45, 7) is 16.6. The van der Waals surface area contributed by atoms with Crippen molar-refractivity contribution in [3.05, 3.63) is 124 Å². The maximum atomic E-state index is 13.3. The van der Waals surface area contributed by atoms with Crippen LogP contribution in [0.3, 0.4) is 0 Å². The van der Waals surface area contributed by atoms with Crippen molar-refractivity contribution in [3.8, 4) is 0 Å².